The lowest BCUT2D eigenvalue weighted by atomic mass is 10.0. The smallest absolute Gasteiger partial charge is 0.428 e. The van der Waals surface area contributed by atoms with Gasteiger partial charge in [-0.3, -0.25) is 0 Å². The van der Waals surface area contributed by atoms with Crippen LogP contribution in [0.4, 0.5) is 30.7 Å². The number of hydrogen-bond donors (Lipinski definition) is 2. The Morgan fingerprint density at radius 2 is 1.73 bits per heavy atom. The lowest BCUT2D eigenvalue weighted by molar-refractivity contribution is -0.253. The summed E-state index contributed by atoms with van der Waals surface area (Å²) in [7, 11) is 0. The molecule has 0 radical (unpaired) electrons. The summed E-state index contributed by atoms with van der Waals surface area (Å²) in [6.45, 7) is 0. The monoisotopic (exact) mass is 335 g/mol. The van der Waals surface area contributed by atoms with Crippen molar-refractivity contribution in [2.75, 3.05) is 0 Å². The van der Waals surface area contributed by atoms with Gasteiger partial charge in [0.15, 0.2) is 0 Å². The third-order valence-corrected chi connectivity index (χ3v) is 2.65. The average molecular weight is 335 g/mol. The first-order chi connectivity index (χ1) is 9.93. The molecule has 0 unspecified atom stereocenters. The van der Waals surface area contributed by atoms with Gasteiger partial charge in [-0.25, -0.2) is 0 Å². The lowest BCUT2D eigenvalue weighted by Gasteiger charge is -2.20. The predicted octanol–water partition coefficient (Wildman–Crippen LogP) is 3.24. The first-order valence-electron chi connectivity index (χ1n) is 5.89. The van der Waals surface area contributed by atoms with Gasteiger partial charge in [-0.05, 0) is 17.7 Å². The van der Waals surface area contributed by atoms with Crippen LogP contribution in [0.25, 0.3) is 0 Å². The maximum atomic E-state index is 12.7. The number of aliphatic hydroxyl groups is 1. The summed E-state index contributed by atoms with van der Waals surface area (Å²) in [6, 6.07) is 1.50. The Morgan fingerprint density at radius 3 is 2.23 bits per heavy atom. The molecule has 3 N–H and O–H groups in total. The second kappa shape index (κ2) is 6.69. The minimum atomic E-state index is -4.76. The summed E-state index contributed by atoms with van der Waals surface area (Å²) in [6.07, 6.45) is -16.2. The zero-order valence-electron chi connectivity index (χ0n) is 10.8. The molecule has 0 aliphatic carbocycles. The van der Waals surface area contributed by atoms with E-state index >= 15 is 0 Å². The van der Waals surface area contributed by atoms with Crippen molar-refractivity contribution >= 4 is 0 Å². The Kier molecular flexibility index (Phi) is 5.63. The van der Waals surface area contributed by atoms with Gasteiger partial charge >= 0.3 is 18.7 Å². The fourth-order valence-corrected chi connectivity index (χ4v) is 1.50. The Hall–Kier alpha value is -1.55. The van der Waals surface area contributed by atoms with Gasteiger partial charge in [0.2, 0.25) is 0 Å². The second-order valence-corrected chi connectivity index (χ2v) is 4.44. The van der Waals surface area contributed by atoms with Crippen LogP contribution in [0, 0.1) is 0 Å². The van der Waals surface area contributed by atoms with Gasteiger partial charge in [0.25, 0.3) is 0 Å². The molecule has 1 rings (SSSR count). The number of rotatable bonds is 6. The van der Waals surface area contributed by atoms with Crippen molar-refractivity contribution in [2.24, 2.45) is 5.73 Å². The molecule has 0 saturated heterocycles. The molecule has 0 aromatic heterocycles. The van der Waals surface area contributed by atoms with Crippen LogP contribution >= 0.6 is 0 Å². The van der Waals surface area contributed by atoms with Crippen molar-refractivity contribution in [3.8, 4) is 5.75 Å². The molecule has 0 amide bonds. The number of alkyl halides is 7. The zero-order chi connectivity index (χ0) is 17.1. The van der Waals surface area contributed by atoms with Gasteiger partial charge in [-0.1, -0.05) is 12.1 Å². The molecule has 0 fully saturated rings. The lowest BCUT2D eigenvalue weighted by Crippen LogP contribution is -2.38. The van der Waals surface area contributed by atoms with E-state index in [0.717, 1.165) is 24.3 Å². The van der Waals surface area contributed by atoms with Gasteiger partial charge in [-0.2, -0.15) is 30.7 Å². The molecule has 126 valence electrons. The SMILES string of the molecule is N[C@@H](C[C@H](O)c1cccc(OC(F)(F)C(F)F)c1)C(F)(F)F. The van der Waals surface area contributed by atoms with Crippen molar-refractivity contribution in [1.29, 1.82) is 0 Å². The number of ether oxygens (including phenoxy) is 1. The summed E-state index contributed by atoms with van der Waals surface area (Å²) < 4.78 is 90.0. The molecule has 1 aromatic carbocycles. The van der Waals surface area contributed by atoms with E-state index in [9.17, 15) is 35.8 Å². The summed E-state index contributed by atoms with van der Waals surface area (Å²) >= 11 is 0. The summed E-state index contributed by atoms with van der Waals surface area (Å²) in [5.41, 5.74) is 4.61. The molecule has 2 atom stereocenters. The van der Waals surface area contributed by atoms with Crippen LogP contribution in [-0.4, -0.2) is 29.9 Å². The standard InChI is InChI=1S/C12H12F7NO2/c13-10(14)12(18,19)22-7-3-1-2-6(4-7)8(21)5-9(20)11(15,16)17/h1-4,8-10,21H,5,20H2/t8-,9-/m0/s1. The first-order valence-corrected chi connectivity index (χ1v) is 5.89. The molecule has 0 aliphatic heterocycles. The highest BCUT2D eigenvalue weighted by Gasteiger charge is 2.44. The molecule has 0 spiro atoms. The molecule has 3 nitrogen and oxygen atoms in total. The quantitative estimate of drug-likeness (QED) is 0.785. The topological polar surface area (TPSA) is 55.5 Å². The van der Waals surface area contributed by atoms with E-state index in [0.29, 0.717) is 0 Å². The molecule has 0 bridgehead atoms. The van der Waals surface area contributed by atoms with Crippen molar-refractivity contribution in [2.45, 2.75) is 37.3 Å². The molecule has 0 saturated carbocycles. The van der Waals surface area contributed by atoms with E-state index in [1.165, 1.54) is 0 Å². The normalized spacial score (nSPS) is 15.7. The van der Waals surface area contributed by atoms with Crippen molar-refractivity contribution in [1.82, 2.24) is 0 Å². The molecular formula is C12H12F7NO2. The predicted molar refractivity (Wildman–Crippen MR) is 61.6 cm³/mol. The Balaban J connectivity index is 2.84. The van der Waals surface area contributed by atoms with Gasteiger partial charge in [0.1, 0.15) is 11.8 Å². The van der Waals surface area contributed by atoms with Crippen molar-refractivity contribution in [3.63, 3.8) is 0 Å². The number of benzene rings is 1. The molecule has 22 heavy (non-hydrogen) atoms. The summed E-state index contributed by atoms with van der Waals surface area (Å²) in [5.74, 6) is -0.720. The van der Waals surface area contributed by atoms with Crippen LogP contribution in [-0.2, 0) is 0 Å². The molecule has 10 heteroatoms. The minimum Gasteiger partial charge on any atom is -0.428 e. The molecule has 0 heterocycles. The summed E-state index contributed by atoms with van der Waals surface area (Å²) in [4.78, 5) is 0. The molecule has 0 aliphatic rings. The van der Waals surface area contributed by atoms with Gasteiger partial charge < -0.3 is 15.6 Å². The van der Waals surface area contributed by atoms with Crippen molar-refractivity contribution in [3.05, 3.63) is 29.8 Å². The van der Waals surface area contributed by atoms with Crippen LogP contribution in [0.5, 0.6) is 5.75 Å². The number of nitrogens with two attached hydrogens (primary N) is 1. The average Bonchev–Trinajstić information content (AvgIpc) is 2.37. The summed E-state index contributed by atoms with van der Waals surface area (Å²) in [5, 5.41) is 9.62. The van der Waals surface area contributed by atoms with Crippen LogP contribution < -0.4 is 10.5 Å². The maximum absolute atomic E-state index is 12.7. The number of halogens is 7. The van der Waals surface area contributed by atoms with Gasteiger partial charge in [0, 0.05) is 6.42 Å². The van der Waals surface area contributed by atoms with E-state index in [4.69, 9.17) is 5.73 Å². The van der Waals surface area contributed by atoms with Gasteiger partial charge in [0.05, 0.1) is 6.10 Å². The van der Waals surface area contributed by atoms with Crippen LogP contribution in [0.3, 0.4) is 0 Å². The molecule has 1 aromatic rings. The fraction of sp³-hybridized carbons (Fsp3) is 0.500. The van der Waals surface area contributed by atoms with E-state index in [1.54, 1.807) is 0 Å². The first kappa shape index (κ1) is 18.5. The highest BCUT2D eigenvalue weighted by molar-refractivity contribution is 5.30. The highest BCUT2D eigenvalue weighted by Crippen LogP contribution is 2.31. The Morgan fingerprint density at radius 1 is 1.14 bits per heavy atom. The third-order valence-electron chi connectivity index (χ3n) is 2.65. The molecular weight excluding hydrogens is 323 g/mol. The number of aliphatic hydroxyl groups excluding tert-OH is 1. The van der Waals surface area contributed by atoms with Gasteiger partial charge in [-0.15, -0.1) is 0 Å². The van der Waals surface area contributed by atoms with Crippen LogP contribution in [0.15, 0.2) is 24.3 Å². The van der Waals surface area contributed by atoms with E-state index in [-0.39, 0.29) is 5.56 Å². The number of hydrogen-bond acceptors (Lipinski definition) is 3. The second-order valence-electron chi connectivity index (χ2n) is 4.44. The Labute approximate surface area is 120 Å². The maximum Gasteiger partial charge on any atom is 0.461 e. The zero-order valence-corrected chi connectivity index (χ0v) is 10.8. The minimum absolute atomic E-state index is 0.220. The van der Waals surface area contributed by atoms with E-state index in [1.807, 2.05) is 0 Å². The van der Waals surface area contributed by atoms with E-state index in [2.05, 4.69) is 4.74 Å². The largest absolute Gasteiger partial charge is 0.461 e. The van der Waals surface area contributed by atoms with Crippen LogP contribution in [0.1, 0.15) is 18.1 Å². The highest BCUT2D eigenvalue weighted by atomic mass is 19.4. The Bertz CT molecular complexity index is 493. The van der Waals surface area contributed by atoms with E-state index < -0.39 is 43.0 Å². The van der Waals surface area contributed by atoms with Crippen LogP contribution in [0.2, 0.25) is 0 Å². The third kappa shape index (κ3) is 5.02. The fourth-order valence-electron chi connectivity index (χ4n) is 1.50. The van der Waals surface area contributed by atoms with Crippen molar-refractivity contribution < 1.29 is 40.6 Å².